The van der Waals surface area contributed by atoms with Crippen LogP contribution in [0.3, 0.4) is 0 Å². The predicted molar refractivity (Wildman–Crippen MR) is 68.9 cm³/mol. The van der Waals surface area contributed by atoms with Crippen molar-refractivity contribution in [2.75, 3.05) is 13.1 Å². The zero-order valence-corrected chi connectivity index (χ0v) is 11.4. The molecule has 0 aliphatic heterocycles. The number of nitrogens with zero attached hydrogens (tertiary/aromatic N) is 1. The van der Waals surface area contributed by atoms with E-state index < -0.39 is 5.60 Å². The molecule has 0 bridgehead atoms. The molecule has 0 heterocycles. The van der Waals surface area contributed by atoms with E-state index in [4.69, 9.17) is 9.84 Å². The van der Waals surface area contributed by atoms with Crippen LogP contribution in [-0.2, 0) is 4.74 Å². The van der Waals surface area contributed by atoms with E-state index in [1.807, 2.05) is 20.8 Å². The van der Waals surface area contributed by atoms with Gasteiger partial charge in [-0.2, -0.15) is 0 Å². The molecule has 17 heavy (non-hydrogen) atoms. The third-order valence-corrected chi connectivity index (χ3v) is 2.05. The Kier molecular flexibility index (Phi) is 6.88. The van der Waals surface area contributed by atoms with Crippen LogP contribution < -0.4 is 0 Å². The third-order valence-electron chi connectivity index (χ3n) is 2.05. The minimum absolute atomic E-state index is 0.331. The van der Waals surface area contributed by atoms with Gasteiger partial charge in [-0.15, -0.1) is 6.58 Å². The monoisotopic (exact) mass is 243 g/mol. The number of amides is 1. The number of carbonyl (C=O) groups excluding carboxylic acids is 1. The Morgan fingerprint density at radius 1 is 1.53 bits per heavy atom. The Morgan fingerprint density at radius 2 is 2.12 bits per heavy atom. The van der Waals surface area contributed by atoms with Gasteiger partial charge in [-0.25, -0.2) is 4.79 Å². The van der Waals surface area contributed by atoms with Gasteiger partial charge in [-0.3, -0.25) is 0 Å². The summed E-state index contributed by atoms with van der Waals surface area (Å²) in [5, 5.41) is 9.17. The fraction of sp³-hybridized carbons (Fsp3) is 0.769. The zero-order chi connectivity index (χ0) is 13.5. The van der Waals surface area contributed by atoms with Crippen molar-refractivity contribution < 1.29 is 14.6 Å². The molecule has 0 saturated carbocycles. The Bertz CT molecular complexity index is 244. The molecule has 0 aliphatic rings. The Labute approximate surface area is 104 Å². The summed E-state index contributed by atoms with van der Waals surface area (Å²) in [6.07, 6.45) is 2.44. The van der Waals surface area contributed by atoms with Gasteiger partial charge in [0.25, 0.3) is 0 Å². The number of aliphatic hydroxyl groups is 1. The first-order chi connectivity index (χ1) is 7.76. The highest BCUT2D eigenvalue weighted by atomic mass is 16.6. The molecule has 0 rings (SSSR count). The Balaban J connectivity index is 4.21. The maximum atomic E-state index is 11.8. The first-order valence-corrected chi connectivity index (χ1v) is 6.03. The molecule has 0 radical (unpaired) electrons. The fourth-order valence-electron chi connectivity index (χ4n) is 1.32. The lowest BCUT2D eigenvalue weighted by molar-refractivity contribution is 0.0262. The molecule has 0 aromatic heterocycles. The molecule has 0 aromatic carbocycles. The number of aliphatic hydroxyl groups excluding tert-OH is 1. The standard InChI is InChI=1S/C13H25NO3/c1-6-9-14(10-7-8-11(2)15)12(16)17-13(3,4)5/h6,11,15H,1,7-10H2,2-5H3. The van der Waals surface area contributed by atoms with E-state index in [1.165, 1.54) is 0 Å². The largest absolute Gasteiger partial charge is 0.444 e. The van der Waals surface area contributed by atoms with Crippen molar-refractivity contribution in [3.05, 3.63) is 12.7 Å². The van der Waals surface area contributed by atoms with E-state index in [0.29, 0.717) is 19.5 Å². The number of carbonyl (C=O) groups is 1. The molecule has 1 amide bonds. The van der Waals surface area contributed by atoms with E-state index in [-0.39, 0.29) is 12.2 Å². The highest BCUT2D eigenvalue weighted by molar-refractivity contribution is 5.68. The lowest BCUT2D eigenvalue weighted by Gasteiger charge is -2.26. The molecule has 1 unspecified atom stereocenters. The second-order valence-corrected chi connectivity index (χ2v) is 5.21. The SMILES string of the molecule is C=CCN(CCCC(C)O)C(=O)OC(C)(C)C. The molecular formula is C13H25NO3. The summed E-state index contributed by atoms with van der Waals surface area (Å²) in [5.41, 5.74) is -0.485. The van der Waals surface area contributed by atoms with Crippen molar-refractivity contribution in [3.63, 3.8) is 0 Å². The molecule has 0 aliphatic carbocycles. The van der Waals surface area contributed by atoms with Crippen molar-refractivity contribution in [1.82, 2.24) is 4.90 Å². The molecule has 4 heteroatoms. The van der Waals surface area contributed by atoms with Gasteiger partial charge >= 0.3 is 6.09 Å². The summed E-state index contributed by atoms with van der Waals surface area (Å²) in [6, 6.07) is 0. The van der Waals surface area contributed by atoms with Gasteiger partial charge in [-0.05, 0) is 40.5 Å². The number of ether oxygens (including phenoxy) is 1. The van der Waals surface area contributed by atoms with Crippen molar-refractivity contribution in [1.29, 1.82) is 0 Å². The lowest BCUT2D eigenvalue weighted by atomic mass is 10.2. The van der Waals surface area contributed by atoms with E-state index in [9.17, 15) is 4.79 Å². The Hall–Kier alpha value is -1.03. The van der Waals surface area contributed by atoms with Gasteiger partial charge in [0.15, 0.2) is 0 Å². The maximum Gasteiger partial charge on any atom is 0.410 e. The van der Waals surface area contributed by atoms with Crippen LogP contribution >= 0.6 is 0 Å². The molecule has 0 saturated heterocycles. The zero-order valence-electron chi connectivity index (χ0n) is 11.4. The van der Waals surface area contributed by atoms with Crippen molar-refractivity contribution >= 4 is 6.09 Å². The van der Waals surface area contributed by atoms with Gasteiger partial charge in [0, 0.05) is 13.1 Å². The summed E-state index contributed by atoms with van der Waals surface area (Å²) >= 11 is 0. The fourth-order valence-corrected chi connectivity index (χ4v) is 1.32. The van der Waals surface area contributed by atoms with Crippen LogP contribution in [0.5, 0.6) is 0 Å². The molecule has 0 fully saturated rings. The average molecular weight is 243 g/mol. The van der Waals surface area contributed by atoms with Gasteiger partial charge in [-0.1, -0.05) is 6.08 Å². The van der Waals surface area contributed by atoms with Gasteiger partial charge in [0.1, 0.15) is 5.60 Å². The summed E-state index contributed by atoms with van der Waals surface area (Å²) in [6.45, 7) is 11.9. The minimum atomic E-state index is -0.485. The normalized spacial score (nSPS) is 13.0. The molecule has 1 atom stereocenters. The van der Waals surface area contributed by atoms with Crippen LogP contribution in [0.2, 0.25) is 0 Å². The summed E-state index contributed by atoms with van der Waals surface area (Å²) in [4.78, 5) is 13.4. The lowest BCUT2D eigenvalue weighted by Crippen LogP contribution is -2.37. The van der Waals surface area contributed by atoms with Crippen LogP contribution in [0.15, 0.2) is 12.7 Å². The third kappa shape index (κ3) is 8.74. The van der Waals surface area contributed by atoms with Crippen molar-refractivity contribution in [2.45, 2.75) is 52.2 Å². The first-order valence-electron chi connectivity index (χ1n) is 6.03. The summed E-state index contributed by atoms with van der Waals surface area (Å²) in [5.74, 6) is 0. The summed E-state index contributed by atoms with van der Waals surface area (Å²) in [7, 11) is 0. The summed E-state index contributed by atoms with van der Waals surface area (Å²) < 4.78 is 5.29. The van der Waals surface area contributed by atoms with Gasteiger partial charge in [0.05, 0.1) is 6.10 Å². The Morgan fingerprint density at radius 3 is 2.53 bits per heavy atom. The van der Waals surface area contributed by atoms with E-state index in [0.717, 1.165) is 6.42 Å². The molecule has 100 valence electrons. The predicted octanol–water partition coefficient (Wildman–Crippen LogP) is 2.57. The number of rotatable bonds is 6. The van der Waals surface area contributed by atoms with Crippen LogP contribution in [-0.4, -0.2) is 40.9 Å². The second-order valence-electron chi connectivity index (χ2n) is 5.21. The highest BCUT2D eigenvalue weighted by Crippen LogP contribution is 2.10. The highest BCUT2D eigenvalue weighted by Gasteiger charge is 2.20. The molecular weight excluding hydrogens is 218 g/mol. The molecule has 1 N–H and O–H groups in total. The number of hydrogen-bond acceptors (Lipinski definition) is 3. The quantitative estimate of drug-likeness (QED) is 0.729. The topological polar surface area (TPSA) is 49.8 Å². The van der Waals surface area contributed by atoms with Crippen molar-refractivity contribution in [2.24, 2.45) is 0 Å². The smallest absolute Gasteiger partial charge is 0.410 e. The minimum Gasteiger partial charge on any atom is -0.444 e. The van der Waals surface area contributed by atoms with Crippen molar-refractivity contribution in [3.8, 4) is 0 Å². The first kappa shape index (κ1) is 16.0. The van der Waals surface area contributed by atoms with Crippen LogP contribution in [0.1, 0.15) is 40.5 Å². The average Bonchev–Trinajstić information content (AvgIpc) is 2.13. The molecule has 0 aromatic rings. The van der Waals surface area contributed by atoms with Crippen LogP contribution in [0.25, 0.3) is 0 Å². The van der Waals surface area contributed by atoms with Crippen LogP contribution in [0, 0.1) is 0 Å². The second kappa shape index (κ2) is 7.33. The van der Waals surface area contributed by atoms with Gasteiger partial charge in [0.2, 0.25) is 0 Å². The van der Waals surface area contributed by atoms with Crippen LogP contribution in [0.4, 0.5) is 4.79 Å². The molecule has 4 nitrogen and oxygen atoms in total. The number of hydrogen-bond donors (Lipinski definition) is 1. The maximum absolute atomic E-state index is 11.8. The van der Waals surface area contributed by atoms with E-state index in [2.05, 4.69) is 6.58 Å². The van der Waals surface area contributed by atoms with Gasteiger partial charge < -0.3 is 14.7 Å². The van der Waals surface area contributed by atoms with E-state index >= 15 is 0 Å². The molecule has 0 spiro atoms. The van der Waals surface area contributed by atoms with E-state index in [1.54, 1.807) is 17.9 Å².